The molecule has 0 saturated carbocycles. The van der Waals surface area contributed by atoms with Crippen molar-refractivity contribution in [1.29, 1.82) is 0 Å². The lowest BCUT2D eigenvalue weighted by atomic mass is 10.1. The van der Waals surface area contributed by atoms with Gasteiger partial charge >= 0.3 is 0 Å². The minimum Gasteiger partial charge on any atom is -0.285 e. The summed E-state index contributed by atoms with van der Waals surface area (Å²) in [5.74, 6) is 0. The lowest BCUT2D eigenvalue weighted by Crippen LogP contribution is -1.92. The van der Waals surface area contributed by atoms with Crippen LogP contribution in [-0.4, -0.2) is 16.3 Å². The monoisotopic (exact) mass is 171 g/mol. The first-order chi connectivity index (χ1) is 6.31. The number of hydrogen-bond acceptors (Lipinski definition) is 3. The van der Waals surface area contributed by atoms with Crippen molar-refractivity contribution >= 4 is 17.2 Å². The lowest BCUT2D eigenvalue weighted by Gasteiger charge is -1.99. The smallest absolute Gasteiger partial charge is 0.235 e. The topological polar surface area (TPSA) is 42.9 Å². The SMILES string of the molecule is Cc1nc2ccncc2cc1[C]=O. The van der Waals surface area contributed by atoms with Crippen LogP contribution in [0.5, 0.6) is 0 Å². The van der Waals surface area contributed by atoms with Crippen LogP contribution in [0.15, 0.2) is 24.5 Å². The van der Waals surface area contributed by atoms with Crippen molar-refractivity contribution in [3.05, 3.63) is 35.8 Å². The molecule has 1 radical (unpaired) electrons. The normalized spacial score (nSPS) is 10.2. The van der Waals surface area contributed by atoms with Crippen LogP contribution in [0, 0.1) is 6.92 Å². The molecule has 0 bridgehead atoms. The summed E-state index contributed by atoms with van der Waals surface area (Å²) in [5.41, 5.74) is 2.06. The van der Waals surface area contributed by atoms with Gasteiger partial charge in [-0.3, -0.25) is 14.8 Å². The predicted molar refractivity (Wildman–Crippen MR) is 49.1 cm³/mol. The Morgan fingerprint density at radius 2 is 2.31 bits per heavy atom. The molecule has 2 heterocycles. The second-order valence-corrected chi connectivity index (χ2v) is 2.79. The van der Waals surface area contributed by atoms with E-state index in [0.29, 0.717) is 11.3 Å². The molecular formula is C10H7N2O. The van der Waals surface area contributed by atoms with E-state index in [1.807, 2.05) is 12.4 Å². The third-order valence-electron chi connectivity index (χ3n) is 1.92. The number of hydrogen-bond donors (Lipinski definition) is 0. The predicted octanol–water partition coefficient (Wildman–Crippen LogP) is 1.40. The van der Waals surface area contributed by atoms with Crippen LogP contribution in [0.1, 0.15) is 11.3 Å². The molecule has 0 spiro atoms. The zero-order valence-corrected chi connectivity index (χ0v) is 7.11. The Balaban J connectivity index is 2.81. The quantitative estimate of drug-likeness (QED) is 0.651. The van der Waals surface area contributed by atoms with E-state index >= 15 is 0 Å². The number of fused-ring (bicyclic) bond motifs is 1. The Bertz CT molecular complexity index is 465. The molecule has 2 aromatic heterocycles. The van der Waals surface area contributed by atoms with Gasteiger partial charge in [-0.05, 0) is 19.1 Å². The zero-order valence-electron chi connectivity index (χ0n) is 7.11. The van der Waals surface area contributed by atoms with Crippen molar-refractivity contribution in [1.82, 2.24) is 9.97 Å². The van der Waals surface area contributed by atoms with Crippen molar-refractivity contribution in [3.8, 4) is 0 Å². The first kappa shape index (κ1) is 7.86. The highest BCUT2D eigenvalue weighted by Crippen LogP contribution is 2.13. The molecule has 63 valence electrons. The minimum atomic E-state index is 0.500. The van der Waals surface area contributed by atoms with Crippen LogP contribution in [-0.2, 0) is 4.79 Å². The summed E-state index contributed by atoms with van der Waals surface area (Å²) in [6.45, 7) is 1.79. The van der Waals surface area contributed by atoms with Crippen molar-refractivity contribution in [2.75, 3.05) is 0 Å². The van der Waals surface area contributed by atoms with Crippen LogP contribution in [0.3, 0.4) is 0 Å². The van der Waals surface area contributed by atoms with E-state index in [4.69, 9.17) is 0 Å². The van der Waals surface area contributed by atoms with Gasteiger partial charge in [0.2, 0.25) is 6.29 Å². The summed E-state index contributed by atoms with van der Waals surface area (Å²) in [4.78, 5) is 18.7. The van der Waals surface area contributed by atoms with Gasteiger partial charge in [0.15, 0.2) is 0 Å². The third-order valence-corrected chi connectivity index (χ3v) is 1.92. The zero-order chi connectivity index (χ0) is 9.26. The van der Waals surface area contributed by atoms with Crippen LogP contribution in [0.4, 0.5) is 0 Å². The van der Waals surface area contributed by atoms with Gasteiger partial charge in [-0.15, -0.1) is 0 Å². The Morgan fingerprint density at radius 3 is 3.08 bits per heavy atom. The molecule has 0 fully saturated rings. The van der Waals surface area contributed by atoms with Crippen LogP contribution < -0.4 is 0 Å². The molecule has 0 amide bonds. The molecule has 0 aliphatic rings. The highest BCUT2D eigenvalue weighted by molar-refractivity contribution is 5.86. The number of pyridine rings is 2. The Morgan fingerprint density at radius 1 is 1.46 bits per heavy atom. The Hall–Kier alpha value is -1.77. The summed E-state index contributed by atoms with van der Waals surface area (Å²) in [6.07, 6.45) is 5.21. The standard InChI is InChI=1S/C10H7N2O/c1-7-9(6-13)4-8-5-11-3-2-10(8)12-7/h2-5H,1H3. The van der Waals surface area contributed by atoms with Gasteiger partial charge in [0.25, 0.3) is 0 Å². The molecular weight excluding hydrogens is 164 g/mol. The van der Waals surface area contributed by atoms with Crippen LogP contribution in [0.2, 0.25) is 0 Å². The molecule has 3 heteroatoms. The van der Waals surface area contributed by atoms with E-state index in [2.05, 4.69) is 9.97 Å². The van der Waals surface area contributed by atoms with Gasteiger partial charge < -0.3 is 0 Å². The highest BCUT2D eigenvalue weighted by Gasteiger charge is 2.01. The van der Waals surface area contributed by atoms with Gasteiger partial charge in [-0.25, -0.2) is 0 Å². The second kappa shape index (κ2) is 2.94. The maximum Gasteiger partial charge on any atom is 0.235 e. The average molecular weight is 171 g/mol. The fourth-order valence-corrected chi connectivity index (χ4v) is 1.22. The fourth-order valence-electron chi connectivity index (χ4n) is 1.22. The van der Waals surface area contributed by atoms with Gasteiger partial charge in [0.1, 0.15) is 0 Å². The van der Waals surface area contributed by atoms with Crippen molar-refractivity contribution in [2.24, 2.45) is 0 Å². The maximum atomic E-state index is 10.5. The molecule has 2 aromatic rings. The third kappa shape index (κ3) is 1.28. The highest BCUT2D eigenvalue weighted by atomic mass is 16.1. The van der Waals surface area contributed by atoms with E-state index in [-0.39, 0.29) is 0 Å². The van der Waals surface area contributed by atoms with Gasteiger partial charge in [0, 0.05) is 29.0 Å². The Labute approximate surface area is 75.4 Å². The van der Waals surface area contributed by atoms with Crippen molar-refractivity contribution in [2.45, 2.75) is 6.92 Å². The van der Waals surface area contributed by atoms with E-state index in [9.17, 15) is 4.79 Å². The molecule has 0 saturated heterocycles. The number of aryl methyl sites for hydroxylation is 1. The molecule has 0 unspecified atom stereocenters. The first-order valence-corrected chi connectivity index (χ1v) is 3.91. The average Bonchev–Trinajstić information content (AvgIpc) is 2.17. The number of aromatic nitrogens is 2. The Kier molecular flexibility index (Phi) is 1.77. The number of nitrogens with zero attached hydrogens (tertiary/aromatic N) is 2. The molecule has 0 atom stereocenters. The first-order valence-electron chi connectivity index (χ1n) is 3.91. The van der Waals surface area contributed by atoms with Crippen molar-refractivity contribution in [3.63, 3.8) is 0 Å². The van der Waals surface area contributed by atoms with E-state index in [1.165, 1.54) is 0 Å². The number of carbonyl (C=O) groups excluding carboxylic acids is 1. The molecule has 3 nitrogen and oxygen atoms in total. The van der Waals surface area contributed by atoms with Crippen LogP contribution in [0.25, 0.3) is 10.9 Å². The van der Waals surface area contributed by atoms with Crippen molar-refractivity contribution < 1.29 is 4.79 Å². The molecule has 0 aliphatic heterocycles. The summed E-state index contributed by atoms with van der Waals surface area (Å²) >= 11 is 0. The molecule has 0 aliphatic carbocycles. The van der Waals surface area contributed by atoms with Gasteiger partial charge in [-0.2, -0.15) is 0 Å². The van der Waals surface area contributed by atoms with E-state index in [1.54, 1.807) is 25.4 Å². The largest absolute Gasteiger partial charge is 0.285 e. The number of rotatable bonds is 1. The summed E-state index contributed by atoms with van der Waals surface area (Å²) in [5, 5.41) is 0.867. The summed E-state index contributed by atoms with van der Waals surface area (Å²) in [7, 11) is 0. The lowest BCUT2D eigenvalue weighted by molar-refractivity contribution is 0.562. The minimum absolute atomic E-state index is 0.500. The molecule has 2 rings (SSSR count). The maximum absolute atomic E-state index is 10.5. The van der Waals surface area contributed by atoms with Gasteiger partial charge in [-0.1, -0.05) is 0 Å². The van der Waals surface area contributed by atoms with Crippen LogP contribution >= 0.6 is 0 Å². The molecule has 0 N–H and O–H groups in total. The van der Waals surface area contributed by atoms with E-state index < -0.39 is 0 Å². The molecule has 0 aromatic carbocycles. The summed E-state index contributed by atoms with van der Waals surface area (Å²) < 4.78 is 0. The fraction of sp³-hybridized carbons (Fsp3) is 0.100. The molecule has 13 heavy (non-hydrogen) atoms. The van der Waals surface area contributed by atoms with Gasteiger partial charge in [0.05, 0.1) is 5.52 Å². The second-order valence-electron chi connectivity index (χ2n) is 2.79. The van der Waals surface area contributed by atoms with E-state index in [0.717, 1.165) is 10.9 Å². The summed E-state index contributed by atoms with van der Waals surface area (Å²) in [6, 6.07) is 3.56.